The highest BCUT2D eigenvalue weighted by molar-refractivity contribution is 5.50. The van der Waals surface area contributed by atoms with Crippen molar-refractivity contribution in [2.45, 2.75) is 31.7 Å². The van der Waals surface area contributed by atoms with Crippen LogP contribution in [0.15, 0.2) is 18.5 Å². The van der Waals surface area contributed by atoms with Gasteiger partial charge >= 0.3 is 0 Å². The third-order valence-electron chi connectivity index (χ3n) is 6.06. The van der Waals surface area contributed by atoms with Crippen LogP contribution in [0, 0.1) is 0 Å². The highest BCUT2D eigenvalue weighted by atomic mass is 15.4. The molecule has 1 saturated heterocycles. The molecule has 0 radical (unpaired) electrons. The van der Waals surface area contributed by atoms with Gasteiger partial charge in [-0.2, -0.15) is 4.52 Å². The normalized spacial score (nSPS) is 18.2. The van der Waals surface area contributed by atoms with Crippen molar-refractivity contribution in [2.24, 2.45) is 0 Å². The third-order valence-corrected chi connectivity index (χ3v) is 6.06. The van der Waals surface area contributed by atoms with Crippen LogP contribution in [0.1, 0.15) is 35.8 Å². The van der Waals surface area contributed by atoms with E-state index in [4.69, 9.17) is 5.10 Å². The number of rotatable bonds is 3. The Morgan fingerprint density at radius 3 is 2.66 bits per heavy atom. The van der Waals surface area contributed by atoms with Crippen molar-refractivity contribution in [3.05, 3.63) is 35.5 Å². The maximum atomic E-state index is 4.73. The molecule has 9 heteroatoms. The summed E-state index contributed by atoms with van der Waals surface area (Å²) in [7, 11) is 6.16. The first-order valence-electron chi connectivity index (χ1n) is 10.3. The molecular weight excluding hydrogens is 366 g/mol. The Morgan fingerprint density at radius 1 is 1.03 bits per heavy atom. The molecule has 5 rings (SSSR count). The second-order valence-electron chi connectivity index (χ2n) is 8.29. The average molecular weight is 393 g/mol. The van der Waals surface area contributed by atoms with Gasteiger partial charge in [0.2, 0.25) is 0 Å². The topological polar surface area (TPSA) is 78.6 Å². The quantitative estimate of drug-likeness (QED) is 0.660. The molecule has 0 bridgehead atoms. The fourth-order valence-electron chi connectivity index (χ4n) is 4.37. The van der Waals surface area contributed by atoms with Gasteiger partial charge in [-0.1, -0.05) is 0 Å². The molecule has 152 valence electrons. The molecule has 0 spiro atoms. The zero-order valence-electron chi connectivity index (χ0n) is 17.3. The van der Waals surface area contributed by atoms with E-state index in [9.17, 15) is 0 Å². The molecule has 3 aromatic rings. The first-order chi connectivity index (χ1) is 14.1. The first kappa shape index (κ1) is 18.2. The number of anilines is 2. The Morgan fingerprint density at radius 2 is 1.86 bits per heavy atom. The van der Waals surface area contributed by atoms with Gasteiger partial charge in [0, 0.05) is 58.2 Å². The van der Waals surface area contributed by atoms with E-state index in [0.29, 0.717) is 5.92 Å². The van der Waals surface area contributed by atoms with Crippen LogP contribution >= 0.6 is 0 Å². The molecule has 9 nitrogen and oxygen atoms in total. The summed E-state index contributed by atoms with van der Waals surface area (Å²) >= 11 is 0. The summed E-state index contributed by atoms with van der Waals surface area (Å²) in [5.41, 5.74) is 3.31. The minimum absolute atomic E-state index is 0.353. The van der Waals surface area contributed by atoms with Gasteiger partial charge in [-0.05, 0) is 32.0 Å². The summed E-state index contributed by atoms with van der Waals surface area (Å²) in [6, 6.07) is 3.96. The van der Waals surface area contributed by atoms with E-state index >= 15 is 0 Å². The molecule has 0 unspecified atom stereocenters. The van der Waals surface area contributed by atoms with Crippen LogP contribution in [0.5, 0.6) is 0 Å². The van der Waals surface area contributed by atoms with Crippen LogP contribution in [0.2, 0.25) is 0 Å². The van der Waals surface area contributed by atoms with E-state index in [1.807, 2.05) is 35.6 Å². The van der Waals surface area contributed by atoms with Crippen molar-refractivity contribution >= 4 is 17.3 Å². The minimum Gasteiger partial charge on any atom is -0.361 e. The lowest BCUT2D eigenvalue weighted by Gasteiger charge is -2.35. The van der Waals surface area contributed by atoms with Crippen LogP contribution < -0.4 is 9.80 Å². The second-order valence-corrected chi connectivity index (χ2v) is 8.29. The van der Waals surface area contributed by atoms with Gasteiger partial charge in [0.15, 0.2) is 11.5 Å². The van der Waals surface area contributed by atoms with Gasteiger partial charge in [-0.15, -0.1) is 15.3 Å². The Kier molecular flexibility index (Phi) is 4.54. The molecule has 5 heterocycles. The van der Waals surface area contributed by atoms with Gasteiger partial charge in [0.05, 0.1) is 5.69 Å². The molecule has 0 atom stereocenters. The van der Waals surface area contributed by atoms with E-state index in [2.05, 4.69) is 37.0 Å². The van der Waals surface area contributed by atoms with Crippen LogP contribution in [0.25, 0.3) is 5.65 Å². The van der Waals surface area contributed by atoms with E-state index in [1.165, 1.54) is 11.3 Å². The first-order valence-corrected chi connectivity index (χ1v) is 10.3. The Labute approximate surface area is 170 Å². The molecule has 2 aliphatic heterocycles. The molecular formula is C20H27N9. The summed E-state index contributed by atoms with van der Waals surface area (Å²) in [5.74, 6) is 3.34. The lowest BCUT2D eigenvalue weighted by molar-refractivity contribution is 0.308. The highest BCUT2D eigenvalue weighted by Crippen LogP contribution is 2.32. The number of aromatic nitrogens is 6. The predicted octanol–water partition coefficient (Wildman–Crippen LogP) is 1.35. The molecule has 0 amide bonds. The molecule has 2 aliphatic rings. The van der Waals surface area contributed by atoms with E-state index in [-0.39, 0.29) is 0 Å². The largest absolute Gasteiger partial charge is 0.361 e. The zero-order valence-corrected chi connectivity index (χ0v) is 17.3. The minimum atomic E-state index is 0.353. The van der Waals surface area contributed by atoms with Crippen molar-refractivity contribution in [3.63, 3.8) is 0 Å². The van der Waals surface area contributed by atoms with E-state index in [0.717, 1.165) is 68.5 Å². The van der Waals surface area contributed by atoms with Crippen molar-refractivity contribution in [3.8, 4) is 0 Å². The summed E-state index contributed by atoms with van der Waals surface area (Å²) in [4.78, 5) is 15.9. The van der Waals surface area contributed by atoms with Crippen molar-refractivity contribution in [1.29, 1.82) is 0 Å². The van der Waals surface area contributed by atoms with Gasteiger partial charge in [0.25, 0.3) is 0 Å². The average Bonchev–Trinajstić information content (AvgIpc) is 3.16. The van der Waals surface area contributed by atoms with Crippen LogP contribution in [0.3, 0.4) is 0 Å². The number of likely N-dealkylation sites (N-methyl/N-ethyl adjacent to an activating group) is 1. The fourth-order valence-corrected chi connectivity index (χ4v) is 4.37. The Hall–Kier alpha value is -2.81. The molecule has 3 aromatic heterocycles. The number of fused-ring (bicyclic) bond motifs is 2. The number of nitrogens with zero attached hydrogens (tertiary/aromatic N) is 9. The van der Waals surface area contributed by atoms with E-state index < -0.39 is 0 Å². The number of piperidine rings is 1. The molecule has 0 N–H and O–H groups in total. The SMILES string of the molecule is CN1CCc2ncnc(N3CCC(c4nnc5ccc(N(C)C)nn45)CC3)c2C1. The van der Waals surface area contributed by atoms with Gasteiger partial charge < -0.3 is 14.7 Å². The lowest BCUT2D eigenvalue weighted by atomic mass is 9.95. The predicted molar refractivity (Wildman–Crippen MR) is 111 cm³/mol. The molecule has 0 aliphatic carbocycles. The standard InChI is InChI=1S/C20H27N9/c1-26(2)18-5-4-17-23-24-19(29(17)25-18)14-6-10-28(11-7-14)20-15-12-27(3)9-8-16(15)21-13-22-20/h4-5,13-14H,6-12H2,1-3H3. The van der Waals surface area contributed by atoms with Crippen LogP contribution in [-0.4, -0.2) is 75.5 Å². The maximum absolute atomic E-state index is 4.73. The van der Waals surface area contributed by atoms with Crippen molar-refractivity contribution in [1.82, 2.24) is 34.7 Å². The number of hydrogen-bond donors (Lipinski definition) is 0. The monoisotopic (exact) mass is 393 g/mol. The van der Waals surface area contributed by atoms with Crippen LogP contribution in [0.4, 0.5) is 11.6 Å². The van der Waals surface area contributed by atoms with E-state index in [1.54, 1.807) is 6.33 Å². The summed E-state index contributed by atoms with van der Waals surface area (Å²) in [6.45, 7) is 3.91. The van der Waals surface area contributed by atoms with Gasteiger partial charge in [-0.25, -0.2) is 9.97 Å². The Bertz CT molecular complexity index is 1020. The molecule has 1 fully saturated rings. The number of hydrogen-bond acceptors (Lipinski definition) is 8. The van der Waals surface area contributed by atoms with Gasteiger partial charge in [0.1, 0.15) is 18.0 Å². The molecule has 0 aromatic carbocycles. The second kappa shape index (κ2) is 7.22. The Balaban J connectivity index is 1.37. The smallest absolute Gasteiger partial charge is 0.178 e. The zero-order chi connectivity index (χ0) is 20.0. The summed E-state index contributed by atoms with van der Waals surface area (Å²) in [6.07, 6.45) is 4.76. The van der Waals surface area contributed by atoms with Crippen molar-refractivity contribution in [2.75, 3.05) is 50.6 Å². The lowest BCUT2D eigenvalue weighted by Crippen LogP contribution is -2.37. The summed E-state index contributed by atoms with van der Waals surface area (Å²) < 4.78 is 1.91. The molecule has 29 heavy (non-hydrogen) atoms. The highest BCUT2D eigenvalue weighted by Gasteiger charge is 2.28. The third kappa shape index (κ3) is 3.29. The fraction of sp³-hybridized carbons (Fsp3) is 0.550. The van der Waals surface area contributed by atoms with Crippen LogP contribution in [-0.2, 0) is 13.0 Å². The van der Waals surface area contributed by atoms with Gasteiger partial charge in [-0.3, -0.25) is 0 Å². The van der Waals surface area contributed by atoms with Crippen molar-refractivity contribution < 1.29 is 0 Å². The maximum Gasteiger partial charge on any atom is 0.178 e. The summed E-state index contributed by atoms with van der Waals surface area (Å²) in [5, 5.41) is 13.5. The molecule has 0 saturated carbocycles.